The molecule has 1 rings (SSSR count). The van der Waals surface area contributed by atoms with E-state index in [4.69, 9.17) is 5.84 Å². The summed E-state index contributed by atoms with van der Waals surface area (Å²) < 4.78 is 1.02. The quantitative estimate of drug-likeness (QED) is 0.571. The maximum absolute atomic E-state index is 5.72. The Labute approximate surface area is 119 Å². The molecule has 0 aliphatic rings. The van der Waals surface area contributed by atoms with Gasteiger partial charge in [0, 0.05) is 28.8 Å². The summed E-state index contributed by atoms with van der Waals surface area (Å²) in [5.74, 6) is 6.36. The van der Waals surface area contributed by atoms with Crippen LogP contribution in [-0.2, 0) is 6.42 Å². The van der Waals surface area contributed by atoms with Crippen molar-refractivity contribution in [1.29, 1.82) is 0 Å². The molecule has 4 heteroatoms. The average Bonchev–Trinajstić information content (AvgIpc) is 2.38. The summed E-state index contributed by atoms with van der Waals surface area (Å²) in [7, 11) is 0. The SMILES string of the molecule is CCCC(CCC)C(Cc1ccc(Br)cn1)NN. The molecule has 0 spiro atoms. The van der Waals surface area contributed by atoms with E-state index in [-0.39, 0.29) is 0 Å². The van der Waals surface area contributed by atoms with Crippen molar-refractivity contribution in [1.82, 2.24) is 10.4 Å². The van der Waals surface area contributed by atoms with Gasteiger partial charge in [-0.1, -0.05) is 26.7 Å². The first kappa shape index (κ1) is 15.6. The molecular weight excluding hydrogens is 290 g/mol. The molecule has 0 bridgehead atoms. The Morgan fingerprint density at radius 2 is 1.94 bits per heavy atom. The fourth-order valence-electron chi connectivity index (χ4n) is 2.40. The van der Waals surface area contributed by atoms with Crippen molar-refractivity contribution in [3.63, 3.8) is 0 Å². The second-order valence-corrected chi connectivity index (χ2v) is 5.70. The van der Waals surface area contributed by atoms with Crippen LogP contribution in [-0.4, -0.2) is 11.0 Å². The van der Waals surface area contributed by atoms with E-state index in [1.54, 1.807) is 0 Å². The molecular formula is C14H24BrN3. The summed E-state index contributed by atoms with van der Waals surface area (Å²) in [6.45, 7) is 4.46. The molecule has 0 amide bonds. The number of pyridine rings is 1. The van der Waals surface area contributed by atoms with E-state index >= 15 is 0 Å². The second kappa shape index (κ2) is 8.62. The highest BCUT2D eigenvalue weighted by atomic mass is 79.9. The number of hydrazine groups is 1. The molecule has 0 aliphatic carbocycles. The van der Waals surface area contributed by atoms with E-state index < -0.39 is 0 Å². The van der Waals surface area contributed by atoms with E-state index in [0.717, 1.165) is 16.6 Å². The number of nitrogens with two attached hydrogens (primary N) is 1. The molecule has 1 atom stereocenters. The van der Waals surface area contributed by atoms with E-state index in [1.807, 2.05) is 12.3 Å². The fourth-order valence-corrected chi connectivity index (χ4v) is 2.64. The number of halogens is 1. The lowest BCUT2D eigenvalue weighted by atomic mass is 9.88. The van der Waals surface area contributed by atoms with Crippen molar-refractivity contribution in [2.24, 2.45) is 11.8 Å². The van der Waals surface area contributed by atoms with E-state index in [9.17, 15) is 0 Å². The van der Waals surface area contributed by atoms with Crippen LogP contribution in [0.1, 0.15) is 45.2 Å². The Morgan fingerprint density at radius 1 is 1.28 bits per heavy atom. The highest BCUT2D eigenvalue weighted by molar-refractivity contribution is 9.10. The molecule has 102 valence electrons. The largest absolute Gasteiger partial charge is 0.271 e. The van der Waals surface area contributed by atoms with Crippen LogP contribution in [0.2, 0.25) is 0 Å². The van der Waals surface area contributed by atoms with Gasteiger partial charge in [0.15, 0.2) is 0 Å². The Morgan fingerprint density at radius 3 is 2.39 bits per heavy atom. The summed E-state index contributed by atoms with van der Waals surface area (Å²) in [6.07, 6.45) is 7.59. The molecule has 0 aliphatic heterocycles. The molecule has 0 aromatic carbocycles. The Bertz CT molecular complexity index is 320. The zero-order valence-corrected chi connectivity index (χ0v) is 12.9. The van der Waals surface area contributed by atoms with Gasteiger partial charge >= 0.3 is 0 Å². The number of nitrogens with zero attached hydrogens (tertiary/aromatic N) is 1. The van der Waals surface area contributed by atoms with Crippen molar-refractivity contribution in [3.8, 4) is 0 Å². The van der Waals surface area contributed by atoms with Gasteiger partial charge in [0.1, 0.15) is 0 Å². The summed E-state index contributed by atoms with van der Waals surface area (Å²) in [5, 5.41) is 0. The van der Waals surface area contributed by atoms with E-state index in [0.29, 0.717) is 12.0 Å². The second-order valence-electron chi connectivity index (χ2n) is 4.78. The fraction of sp³-hybridized carbons (Fsp3) is 0.643. The predicted octanol–water partition coefficient (Wildman–Crippen LogP) is 3.43. The molecule has 0 saturated carbocycles. The third-order valence-electron chi connectivity index (χ3n) is 3.32. The molecule has 0 saturated heterocycles. The maximum atomic E-state index is 5.72. The molecule has 1 unspecified atom stereocenters. The first-order valence-corrected chi connectivity index (χ1v) is 7.57. The highest BCUT2D eigenvalue weighted by Crippen LogP contribution is 2.20. The first-order valence-electron chi connectivity index (χ1n) is 6.77. The number of rotatable bonds is 8. The number of nitrogens with one attached hydrogen (secondary N) is 1. The van der Waals surface area contributed by atoms with Crippen LogP contribution in [0.4, 0.5) is 0 Å². The monoisotopic (exact) mass is 313 g/mol. The van der Waals surface area contributed by atoms with Crippen molar-refractivity contribution in [3.05, 3.63) is 28.5 Å². The van der Waals surface area contributed by atoms with Crippen molar-refractivity contribution >= 4 is 15.9 Å². The third-order valence-corrected chi connectivity index (χ3v) is 3.79. The topological polar surface area (TPSA) is 50.9 Å². The van der Waals surface area contributed by atoms with Crippen molar-refractivity contribution < 1.29 is 0 Å². The predicted molar refractivity (Wildman–Crippen MR) is 80.1 cm³/mol. The standard InChI is InChI=1S/C14H24BrN3/c1-3-5-11(6-4-2)14(18-16)9-13-8-7-12(15)10-17-13/h7-8,10-11,14,18H,3-6,9,16H2,1-2H3. The van der Waals surface area contributed by atoms with Crippen molar-refractivity contribution in [2.75, 3.05) is 0 Å². The Hall–Kier alpha value is -0.450. The van der Waals surface area contributed by atoms with Gasteiger partial charge in [0.25, 0.3) is 0 Å². The molecule has 1 aromatic rings. The van der Waals surface area contributed by atoms with Crippen LogP contribution in [0.25, 0.3) is 0 Å². The molecule has 3 N–H and O–H groups in total. The van der Waals surface area contributed by atoms with Crippen LogP contribution in [0.15, 0.2) is 22.8 Å². The molecule has 1 aromatic heterocycles. The van der Waals surface area contributed by atoms with Crippen LogP contribution in [0.3, 0.4) is 0 Å². The molecule has 0 radical (unpaired) electrons. The minimum atomic E-state index is 0.318. The summed E-state index contributed by atoms with van der Waals surface area (Å²) in [6, 6.07) is 4.41. The van der Waals surface area contributed by atoms with Gasteiger partial charge in [-0.2, -0.15) is 0 Å². The summed E-state index contributed by atoms with van der Waals surface area (Å²) in [4.78, 5) is 4.43. The van der Waals surface area contributed by atoms with Gasteiger partial charge in [0.2, 0.25) is 0 Å². The minimum Gasteiger partial charge on any atom is -0.271 e. The molecule has 0 fully saturated rings. The van der Waals surface area contributed by atoms with Gasteiger partial charge in [-0.25, -0.2) is 0 Å². The number of hydrogen-bond acceptors (Lipinski definition) is 3. The highest BCUT2D eigenvalue weighted by Gasteiger charge is 2.19. The average molecular weight is 314 g/mol. The molecule has 1 heterocycles. The summed E-state index contributed by atoms with van der Waals surface area (Å²) in [5.41, 5.74) is 4.08. The zero-order chi connectivity index (χ0) is 13.4. The van der Waals surface area contributed by atoms with Crippen LogP contribution in [0, 0.1) is 5.92 Å². The van der Waals surface area contributed by atoms with Crippen LogP contribution < -0.4 is 11.3 Å². The number of aromatic nitrogens is 1. The van der Waals surface area contributed by atoms with E-state index in [1.165, 1.54) is 25.7 Å². The van der Waals surface area contributed by atoms with Crippen molar-refractivity contribution in [2.45, 2.75) is 52.0 Å². The molecule has 18 heavy (non-hydrogen) atoms. The Balaban J connectivity index is 2.66. The number of hydrogen-bond donors (Lipinski definition) is 2. The molecule has 3 nitrogen and oxygen atoms in total. The smallest absolute Gasteiger partial charge is 0.0420 e. The first-order chi connectivity index (χ1) is 8.71. The van der Waals surface area contributed by atoms with Gasteiger partial charge in [-0.15, -0.1) is 0 Å². The van der Waals surface area contributed by atoms with Gasteiger partial charge in [-0.05, 0) is 46.8 Å². The normalized spacial score (nSPS) is 12.9. The zero-order valence-electron chi connectivity index (χ0n) is 11.3. The maximum Gasteiger partial charge on any atom is 0.0420 e. The van der Waals surface area contributed by atoms with Gasteiger partial charge < -0.3 is 0 Å². The van der Waals surface area contributed by atoms with Gasteiger partial charge in [-0.3, -0.25) is 16.3 Å². The Kier molecular flexibility index (Phi) is 7.47. The minimum absolute atomic E-state index is 0.318. The lowest BCUT2D eigenvalue weighted by Gasteiger charge is -2.26. The summed E-state index contributed by atoms with van der Waals surface area (Å²) >= 11 is 3.40. The van der Waals surface area contributed by atoms with Crippen LogP contribution in [0.5, 0.6) is 0 Å². The lowest BCUT2D eigenvalue weighted by Crippen LogP contribution is -2.42. The van der Waals surface area contributed by atoms with Crippen LogP contribution >= 0.6 is 15.9 Å². The third kappa shape index (κ3) is 5.04. The lowest BCUT2D eigenvalue weighted by molar-refractivity contribution is 0.310. The van der Waals surface area contributed by atoms with E-state index in [2.05, 4.69) is 46.3 Å². The van der Waals surface area contributed by atoms with Gasteiger partial charge in [0.05, 0.1) is 0 Å².